The predicted octanol–water partition coefficient (Wildman–Crippen LogP) is 1.79. The molecule has 0 bridgehead atoms. The standard InChI is InChI=1S/C14H21NO3S/c1-19(17,18)9-3-8-15-14-5-2-4-11-6-7-12(16)10-13(11)14/h6-7,10,14-16H,2-5,8-9H2,1H3. The molecule has 1 aliphatic rings. The van der Waals surface area contributed by atoms with Gasteiger partial charge in [-0.2, -0.15) is 0 Å². The number of hydrogen-bond donors (Lipinski definition) is 2. The molecule has 0 aromatic heterocycles. The van der Waals surface area contributed by atoms with Gasteiger partial charge in [-0.25, -0.2) is 8.42 Å². The van der Waals surface area contributed by atoms with Gasteiger partial charge in [0.25, 0.3) is 0 Å². The highest BCUT2D eigenvalue weighted by Gasteiger charge is 2.19. The third-order valence-electron chi connectivity index (χ3n) is 3.53. The molecule has 1 aromatic rings. The fourth-order valence-corrected chi connectivity index (χ4v) is 3.28. The van der Waals surface area contributed by atoms with Gasteiger partial charge in [0.15, 0.2) is 0 Å². The van der Waals surface area contributed by atoms with Crippen molar-refractivity contribution >= 4 is 9.84 Å². The zero-order chi connectivity index (χ0) is 13.9. The van der Waals surface area contributed by atoms with Crippen molar-refractivity contribution in [2.45, 2.75) is 31.7 Å². The molecule has 0 amide bonds. The first-order chi connectivity index (χ1) is 8.96. The van der Waals surface area contributed by atoms with Gasteiger partial charge in [-0.05, 0) is 55.5 Å². The molecular weight excluding hydrogens is 262 g/mol. The minimum absolute atomic E-state index is 0.222. The molecule has 0 heterocycles. The molecule has 0 saturated carbocycles. The predicted molar refractivity (Wildman–Crippen MR) is 76.1 cm³/mol. The van der Waals surface area contributed by atoms with Gasteiger partial charge in [0.2, 0.25) is 0 Å². The Bertz CT molecular complexity index is 540. The van der Waals surface area contributed by atoms with E-state index in [-0.39, 0.29) is 11.8 Å². The Hall–Kier alpha value is -1.07. The van der Waals surface area contributed by atoms with Crippen LogP contribution in [0.1, 0.15) is 36.4 Å². The van der Waals surface area contributed by atoms with Crippen LogP contribution in [-0.2, 0) is 16.3 Å². The molecule has 0 saturated heterocycles. The Balaban J connectivity index is 1.94. The number of phenolic OH excluding ortho intramolecular Hbond substituents is 1. The van der Waals surface area contributed by atoms with Crippen molar-refractivity contribution in [3.05, 3.63) is 29.3 Å². The maximum atomic E-state index is 11.1. The summed E-state index contributed by atoms with van der Waals surface area (Å²) < 4.78 is 22.1. The minimum atomic E-state index is -2.87. The van der Waals surface area contributed by atoms with Crippen LogP contribution in [0.5, 0.6) is 5.75 Å². The van der Waals surface area contributed by atoms with Crippen molar-refractivity contribution in [2.24, 2.45) is 0 Å². The molecule has 19 heavy (non-hydrogen) atoms. The average molecular weight is 283 g/mol. The summed E-state index contributed by atoms with van der Waals surface area (Å²) in [6, 6.07) is 5.76. The van der Waals surface area contributed by atoms with Gasteiger partial charge in [0, 0.05) is 12.3 Å². The van der Waals surface area contributed by atoms with Gasteiger partial charge in [-0.3, -0.25) is 0 Å². The van der Waals surface area contributed by atoms with E-state index in [1.165, 1.54) is 11.8 Å². The summed E-state index contributed by atoms with van der Waals surface area (Å²) in [6.07, 6.45) is 5.11. The van der Waals surface area contributed by atoms with E-state index in [1.807, 2.05) is 12.1 Å². The Morgan fingerprint density at radius 2 is 2.21 bits per heavy atom. The van der Waals surface area contributed by atoms with Crippen molar-refractivity contribution in [2.75, 3.05) is 18.6 Å². The summed E-state index contributed by atoms with van der Waals surface area (Å²) >= 11 is 0. The molecule has 0 aliphatic heterocycles. The lowest BCUT2D eigenvalue weighted by Crippen LogP contribution is -2.27. The third kappa shape index (κ3) is 4.21. The van der Waals surface area contributed by atoms with Crippen LogP contribution in [0, 0.1) is 0 Å². The lowest BCUT2D eigenvalue weighted by Gasteiger charge is -2.26. The Labute approximate surface area is 114 Å². The number of nitrogens with one attached hydrogen (secondary N) is 1. The number of aromatic hydroxyl groups is 1. The molecule has 1 unspecified atom stereocenters. The Morgan fingerprint density at radius 3 is 2.95 bits per heavy atom. The Morgan fingerprint density at radius 1 is 1.42 bits per heavy atom. The second-order valence-electron chi connectivity index (χ2n) is 5.27. The average Bonchev–Trinajstić information content (AvgIpc) is 2.33. The molecule has 106 valence electrons. The number of aryl methyl sites for hydroxylation is 1. The van der Waals surface area contributed by atoms with E-state index in [0.29, 0.717) is 18.7 Å². The molecule has 1 atom stereocenters. The van der Waals surface area contributed by atoms with Crippen molar-refractivity contribution in [3.63, 3.8) is 0 Å². The first kappa shape index (κ1) is 14.3. The second-order valence-corrected chi connectivity index (χ2v) is 7.53. The number of hydrogen-bond acceptors (Lipinski definition) is 4. The van der Waals surface area contributed by atoms with Crippen LogP contribution in [-0.4, -0.2) is 32.1 Å². The van der Waals surface area contributed by atoms with Gasteiger partial charge in [0.1, 0.15) is 15.6 Å². The van der Waals surface area contributed by atoms with Crippen LogP contribution in [0.25, 0.3) is 0 Å². The summed E-state index contributed by atoms with van der Waals surface area (Å²) in [5.74, 6) is 0.517. The van der Waals surface area contributed by atoms with Gasteiger partial charge in [0.05, 0.1) is 5.75 Å². The van der Waals surface area contributed by atoms with E-state index in [0.717, 1.165) is 24.8 Å². The lowest BCUT2D eigenvalue weighted by atomic mass is 9.87. The number of phenols is 1. The first-order valence-electron chi connectivity index (χ1n) is 6.68. The summed E-state index contributed by atoms with van der Waals surface area (Å²) in [5, 5.41) is 13.0. The van der Waals surface area contributed by atoms with Crippen molar-refractivity contribution in [3.8, 4) is 5.75 Å². The molecule has 0 fully saturated rings. The molecule has 0 spiro atoms. The SMILES string of the molecule is CS(=O)(=O)CCCNC1CCCc2ccc(O)cc21. The van der Waals surface area contributed by atoms with E-state index in [1.54, 1.807) is 6.07 Å². The molecule has 1 aromatic carbocycles. The normalized spacial score (nSPS) is 19.1. The van der Waals surface area contributed by atoms with Gasteiger partial charge >= 0.3 is 0 Å². The first-order valence-corrected chi connectivity index (χ1v) is 8.75. The fraction of sp³-hybridized carbons (Fsp3) is 0.571. The summed E-state index contributed by atoms with van der Waals surface area (Å²) in [7, 11) is -2.87. The van der Waals surface area contributed by atoms with Crippen LogP contribution in [0.15, 0.2) is 18.2 Å². The van der Waals surface area contributed by atoms with Crippen LogP contribution < -0.4 is 5.32 Å². The van der Waals surface area contributed by atoms with E-state index in [4.69, 9.17) is 0 Å². The number of benzene rings is 1. The zero-order valence-electron chi connectivity index (χ0n) is 11.2. The molecule has 4 nitrogen and oxygen atoms in total. The van der Waals surface area contributed by atoms with Gasteiger partial charge in [-0.15, -0.1) is 0 Å². The minimum Gasteiger partial charge on any atom is -0.508 e. The van der Waals surface area contributed by atoms with Gasteiger partial charge in [-0.1, -0.05) is 6.07 Å². The number of sulfone groups is 1. The van der Waals surface area contributed by atoms with Crippen LogP contribution >= 0.6 is 0 Å². The smallest absolute Gasteiger partial charge is 0.147 e. The molecule has 2 N–H and O–H groups in total. The summed E-state index contributed by atoms with van der Waals surface area (Å²) in [5.41, 5.74) is 2.44. The summed E-state index contributed by atoms with van der Waals surface area (Å²) in [6.45, 7) is 0.687. The molecule has 1 aliphatic carbocycles. The fourth-order valence-electron chi connectivity index (χ4n) is 2.61. The van der Waals surface area contributed by atoms with Crippen molar-refractivity contribution in [1.82, 2.24) is 5.32 Å². The van der Waals surface area contributed by atoms with Gasteiger partial charge < -0.3 is 10.4 Å². The topological polar surface area (TPSA) is 66.4 Å². The van der Waals surface area contributed by atoms with Crippen LogP contribution in [0.2, 0.25) is 0 Å². The highest BCUT2D eigenvalue weighted by atomic mass is 32.2. The van der Waals surface area contributed by atoms with Crippen molar-refractivity contribution < 1.29 is 13.5 Å². The highest BCUT2D eigenvalue weighted by Crippen LogP contribution is 2.31. The van der Waals surface area contributed by atoms with E-state index >= 15 is 0 Å². The quantitative estimate of drug-likeness (QED) is 0.809. The van der Waals surface area contributed by atoms with E-state index in [9.17, 15) is 13.5 Å². The molecule has 5 heteroatoms. The molecule has 0 radical (unpaired) electrons. The van der Waals surface area contributed by atoms with Crippen molar-refractivity contribution in [1.29, 1.82) is 0 Å². The number of fused-ring (bicyclic) bond motifs is 1. The molecule has 2 rings (SSSR count). The second kappa shape index (κ2) is 5.92. The van der Waals surface area contributed by atoms with Crippen LogP contribution in [0.3, 0.4) is 0 Å². The molecular formula is C14H21NO3S. The van der Waals surface area contributed by atoms with Crippen LogP contribution in [0.4, 0.5) is 0 Å². The lowest BCUT2D eigenvalue weighted by molar-refractivity contribution is 0.446. The number of rotatable bonds is 5. The maximum absolute atomic E-state index is 11.1. The summed E-state index contributed by atoms with van der Waals surface area (Å²) in [4.78, 5) is 0. The maximum Gasteiger partial charge on any atom is 0.147 e. The largest absolute Gasteiger partial charge is 0.508 e. The third-order valence-corrected chi connectivity index (χ3v) is 4.56. The monoisotopic (exact) mass is 283 g/mol. The highest BCUT2D eigenvalue weighted by molar-refractivity contribution is 7.90. The zero-order valence-corrected chi connectivity index (χ0v) is 12.0. The Kier molecular flexibility index (Phi) is 4.47. The van der Waals surface area contributed by atoms with E-state index in [2.05, 4.69) is 5.32 Å². The van der Waals surface area contributed by atoms with E-state index < -0.39 is 9.84 Å².